The van der Waals surface area contributed by atoms with E-state index in [-0.39, 0.29) is 12.0 Å². The average Bonchev–Trinajstić information content (AvgIpc) is 2.55. The molecule has 1 saturated heterocycles. The molecular formula is C18H20N2O2. The van der Waals surface area contributed by atoms with Gasteiger partial charge in [-0.15, -0.1) is 0 Å². The van der Waals surface area contributed by atoms with Crippen molar-refractivity contribution in [2.45, 2.75) is 25.9 Å². The summed E-state index contributed by atoms with van der Waals surface area (Å²) in [5.74, 6) is 0.713. The molecule has 1 aromatic carbocycles. The number of hydrogen-bond acceptors (Lipinski definition) is 3. The number of carbonyl (C=O) groups is 1. The first-order valence-corrected chi connectivity index (χ1v) is 7.66. The molecule has 0 aliphatic carbocycles. The number of benzene rings is 1. The molecule has 1 unspecified atom stereocenters. The standard InChI is InChI=1S/C18H20N2O2/c1-14-9-10-19-17(12-14)22-16-8-5-11-20(13-16)18(21)15-6-3-2-4-7-15/h2-4,6-7,9-10,12,16H,5,8,11,13H2,1H3. The second-order valence-electron chi connectivity index (χ2n) is 5.67. The van der Waals surface area contributed by atoms with Gasteiger partial charge in [-0.25, -0.2) is 4.98 Å². The van der Waals surface area contributed by atoms with Gasteiger partial charge < -0.3 is 9.64 Å². The minimum absolute atomic E-state index is 0.00992. The Labute approximate surface area is 130 Å². The molecule has 0 spiro atoms. The first-order valence-electron chi connectivity index (χ1n) is 7.66. The van der Waals surface area contributed by atoms with Gasteiger partial charge in [0, 0.05) is 24.4 Å². The van der Waals surface area contributed by atoms with E-state index in [1.165, 1.54) is 0 Å². The molecule has 114 valence electrons. The molecule has 0 saturated carbocycles. The van der Waals surface area contributed by atoms with E-state index in [9.17, 15) is 4.79 Å². The van der Waals surface area contributed by atoms with Gasteiger partial charge >= 0.3 is 0 Å². The summed E-state index contributed by atoms with van der Waals surface area (Å²) < 4.78 is 5.95. The van der Waals surface area contributed by atoms with Crippen molar-refractivity contribution < 1.29 is 9.53 Å². The van der Waals surface area contributed by atoms with Gasteiger partial charge in [0.1, 0.15) is 6.10 Å². The van der Waals surface area contributed by atoms with Crippen LogP contribution in [-0.2, 0) is 0 Å². The van der Waals surface area contributed by atoms with E-state index in [4.69, 9.17) is 4.74 Å². The van der Waals surface area contributed by atoms with E-state index in [2.05, 4.69) is 4.98 Å². The van der Waals surface area contributed by atoms with Gasteiger partial charge in [0.15, 0.2) is 0 Å². The van der Waals surface area contributed by atoms with E-state index in [0.717, 1.165) is 30.5 Å². The summed E-state index contributed by atoms with van der Waals surface area (Å²) in [6.45, 7) is 3.42. The number of amides is 1. The zero-order valence-corrected chi connectivity index (χ0v) is 12.7. The minimum atomic E-state index is 0.00992. The smallest absolute Gasteiger partial charge is 0.253 e. The summed E-state index contributed by atoms with van der Waals surface area (Å²) in [5, 5.41) is 0. The van der Waals surface area contributed by atoms with Crippen molar-refractivity contribution in [3.8, 4) is 5.88 Å². The number of piperidine rings is 1. The van der Waals surface area contributed by atoms with Crippen LogP contribution in [-0.4, -0.2) is 35.0 Å². The van der Waals surface area contributed by atoms with Gasteiger partial charge in [0.2, 0.25) is 5.88 Å². The van der Waals surface area contributed by atoms with Crippen LogP contribution in [0.3, 0.4) is 0 Å². The molecule has 0 bridgehead atoms. The second kappa shape index (κ2) is 6.60. The maximum absolute atomic E-state index is 12.5. The lowest BCUT2D eigenvalue weighted by atomic mass is 10.1. The Balaban J connectivity index is 1.65. The highest BCUT2D eigenvalue weighted by Crippen LogP contribution is 2.19. The van der Waals surface area contributed by atoms with Gasteiger partial charge in [0.05, 0.1) is 6.54 Å². The Morgan fingerprint density at radius 1 is 1.27 bits per heavy atom. The van der Waals surface area contributed by atoms with Gasteiger partial charge in [-0.05, 0) is 43.5 Å². The summed E-state index contributed by atoms with van der Waals surface area (Å²) in [6.07, 6.45) is 3.67. The van der Waals surface area contributed by atoms with Gasteiger partial charge in [0.25, 0.3) is 5.91 Å². The van der Waals surface area contributed by atoms with Crippen LogP contribution in [0.15, 0.2) is 48.7 Å². The largest absolute Gasteiger partial charge is 0.472 e. The first kappa shape index (κ1) is 14.6. The monoisotopic (exact) mass is 296 g/mol. The molecule has 22 heavy (non-hydrogen) atoms. The summed E-state index contributed by atoms with van der Waals surface area (Å²) in [4.78, 5) is 18.6. The van der Waals surface area contributed by atoms with Crippen LogP contribution in [0.2, 0.25) is 0 Å². The lowest BCUT2D eigenvalue weighted by Gasteiger charge is -2.32. The van der Waals surface area contributed by atoms with Crippen molar-refractivity contribution in [2.75, 3.05) is 13.1 Å². The highest BCUT2D eigenvalue weighted by Gasteiger charge is 2.25. The molecule has 0 N–H and O–H groups in total. The molecule has 2 aromatic rings. The number of likely N-dealkylation sites (tertiary alicyclic amines) is 1. The Morgan fingerprint density at radius 3 is 2.86 bits per heavy atom. The number of aromatic nitrogens is 1. The SMILES string of the molecule is Cc1ccnc(OC2CCCN(C(=O)c3ccccc3)C2)c1. The van der Waals surface area contributed by atoms with Gasteiger partial charge in [-0.2, -0.15) is 0 Å². The Hall–Kier alpha value is -2.36. The molecule has 3 rings (SSSR count). The summed E-state index contributed by atoms with van der Waals surface area (Å²) in [7, 11) is 0. The Bertz CT molecular complexity index is 643. The van der Waals surface area contributed by atoms with E-state index in [1.54, 1.807) is 6.20 Å². The zero-order chi connectivity index (χ0) is 15.4. The van der Waals surface area contributed by atoms with Crippen LogP contribution in [0.1, 0.15) is 28.8 Å². The van der Waals surface area contributed by atoms with E-state index in [0.29, 0.717) is 12.4 Å². The van der Waals surface area contributed by atoms with Gasteiger partial charge in [-0.3, -0.25) is 4.79 Å². The maximum atomic E-state index is 12.5. The number of aryl methyl sites for hydroxylation is 1. The van der Waals surface area contributed by atoms with Crippen molar-refractivity contribution >= 4 is 5.91 Å². The molecule has 1 aromatic heterocycles. The zero-order valence-electron chi connectivity index (χ0n) is 12.7. The molecule has 1 amide bonds. The topological polar surface area (TPSA) is 42.4 Å². The van der Waals surface area contributed by atoms with Crippen LogP contribution in [0, 0.1) is 6.92 Å². The lowest BCUT2D eigenvalue weighted by Crippen LogP contribution is -2.44. The van der Waals surface area contributed by atoms with Crippen LogP contribution in [0.25, 0.3) is 0 Å². The van der Waals surface area contributed by atoms with E-state index < -0.39 is 0 Å². The predicted molar refractivity (Wildman–Crippen MR) is 85.0 cm³/mol. The highest BCUT2D eigenvalue weighted by molar-refractivity contribution is 5.94. The number of ether oxygens (including phenoxy) is 1. The Kier molecular flexibility index (Phi) is 4.37. The second-order valence-corrected chi connectivity index (χ2v) is 5.67. The molecule has 1 aliphatic rings. The molecule has 1 fully saturated rings. The third-order valence-electron chi connectivity index (χ3n) is 3.86. The number of rotatable bonds is 3. The van der Waals surface area contributed by atoms with Crippen LogP contribution < -0.4 is 4.74 Å². The molecule has 1 aliphatic heterocycles. The van der Waals surface area contributed by atoms with Crippen LogP contribution in [0.4, 0.5) is 0 Å². The third kappa shape index (κ3) is 3.45. The summed E-state index contributed by atoms with van der Waals surface area (Å²) in [5.41, 5.74) is 1.86. The van der Waals surface area contributed by atoms with Crippen molar-refractivity contribution in [3.05, 3.63) is 59.8 Å². The fourth-order valence-corrected chi connectivity index (χ4v) is 2.73. The molecule has 0 radical (unpaired) electrons. The van der Waals surface area contributed by atoms with E-state index >= 15 is 0 Å². The highest BCUT2D eigenvalue weighted by atomic mass is 16.5. The van der Waals surface area contributed by atoms with Crippen LogP contribution in [0.5, 0.6) is 5.88 Å². The third-order valence-corrected chi connectivity index (χ3v) is 3.86. The fourth-order valence-electron chi connectivity index (χ4n) is 2.73. The van der Waals surface area contributed by atoms with Crippen molar-refractivity contribution in [1.82, 2.24) is 9.88 Å². The lowest BCUT2D eigenvalue weighted by molar-refractivity contribution is 0.0527. The quantitative estimate of drug-likeness (QED) is 0.874. The van der Waals surface area contributed by atoms with Gasteiger partial charge in [-0.1, -0.05) is 18.2 Å². The number of nitrogens with zero attached hydrogens (tertiary/aromatic N) is 2. The average molecular weight is 296 g/mol. The molecule has 1 atom stereocenters. The van der Waals surface area contributed by atoms with Crippen LogP contribution >= 0.6 is 0 Å². The van der Waals surface area contributed by atoms with E-state index in [1.807, 2.05) is 54.3 Å². The normalized spacial score (nSPS) is 18.0. The fraction of sp³-hybridized carbons (Fsp3) is 0.333. The summed E-state index contributed by atoms with van der Waals surface area (Å²) in [6, 6.07) is 13.3. The molecule has 4 nitrogen and oxygen atoms in total. The Morgan fingerprint density at radius 2 is 2.09 bits per heavy atom. The minimum Gasteiger partial charge on any atom is -0.472 e. The summed E-state index contributed by atoms with van der Waals surface area (Å²) >= 11 is 0. The van der Waals surface area contributed by atoms with Crippen molar-refractivity contribution in [1.29, 1.82) is 0 Å². The van der Waals surface area contributed by atoms with Crippen molar-refractivity contribution in [3.63, 3.8) is 0 Å². The number of carbonyl (C=O) groups excluding carboxylic acids is 1. The number of hydrogen-bond donors (Lipinski definition) is 0. The maximum Gasteiger partial charge on any atom is 0.253 e. The predicted octanol–water partition coefficient (Wildman–Crippen LogP) is 3.07. The van der Waals surface area contributed by atoms with Crippen molar-refractivity contribution in [2.24, 2.45) is 0 Å². The first-order chi connectivity index (χ1) is 10.7. The number of pyridine rings is 1. The molecule has 4 heteroatoms. The molecular weight excluding hydrogens is 276 g/mol. The molecule has 2 heterocycles.